The van der Waals surface area contributed by atoms with Crippen LogP contribution >= 0.6 is 0 Å². The third-order valence-electron chi connectivity index (χ3n) is 2.92. The highest BCUT2D eigenvalue weighted by Crippen LogP contribution is 2.25. The number of nitrogens with zero attached hydrogens (tertiary/aromatic N) is 2. The fourth-order valence-corrected chi connectivity index (χ4v) is 1.97. The number of fused-ring (bicyclic) bond motifs is 1. The molecule has 1 aromatic carbocycles. The lowest BCUT2D eigenvalue weighted by atomic mass is 10.1. The van der Waals surface area contributed by atoms with Gasteiger partial charge in [0.1, 0.15) is 11.4 Å². The summed E-state index contributed by atoms with van der Waals surface area (Å²) in [5.41, 5.74) is 7.56. The molecule has 0 radical (unpaired) electrons. The van der Waals surface area contributed by atoms with Crippen molar-refractivity contribution in [3.63, 3.8) is 0 Å². The van der Waals surface area contributed by atoms with Crippen molar-refractivity contribution in [1.29, 1.82) is 0 Å². The van der Waals surface area contributed by atoms with Gasteiger partial charge in [0.15, 0.2) is 0 Å². The molecule has 0 aliphatic rings. The zero-order valence-electron chi connectivity index (χ0n) is 9.95. The van der Waals surface area contributed by atoms with E-state index in [2.05, 4.69) is 4.98 Å². The molecule has 0 saturated carbocycles. The fraction of sp³-hybridized carbons (Fsp3) is 0. The number of carbonyl (C=O) groups is 1. The summed E-state index contributed by atoms with van der Waals surface area (Å²) in [4.78, 5) is 15.7. The molecule has 3 rings (SSSR count). The Balaban J connectivity index is 2.16. The maximum absolute atomic E-state index is 11.2. The van der Waals surface area contributed by atoms with E-state index in [4.69, 9.17) is 5.73 Å². The zero-order chi connectivity index (χ0) is 13.4. The molecule has 94 valence electrons. The largest absolute Gasteiger partial charge is 0.507 e. The normalized spacial score (nSPS) is 10.7. The number of benzene rings is 1. The summed E-state index contributed by atoms with van der Waals surface area (Å²) in [5, 5.41) is 9.57. The van der Waals surface area contributed by atoms with Crippen LogP contribution in [-0.4, -0.2) is 20.4 Å². The highest BCUT2D eigenvalue weighted by molar-refractivity contribution is 5.96. The summed E-state index contributed by atoms with van der Waals surface area (Å²) < 4.78 is 1.88. The molecular weight excluding hydrogens is 242 g/mol. The van der Waals surface area contributed by atoms with Crippen LogP contribution in [0.1, 0.15) is 10.4 Å². The average Bonchev–Trinajstić information content (AvgIpc) is 2.82. The van der Waals surface area contributed by atoms with Gasteiger partial charge in [-0.05, 0) is 30.3 Å². The molecule has 5 heteroatoms. The lowest BCUT2D eigenvalue weighted by molar-refractivity contribution is 0.0998. The average molecular weight is 253 g/mol. The van der Waals surface area contributed by atoms with E-state index in [1.54, 1.807) is 12.1 Å². The van der Waals surface area contributed by atoms with E-state index < -0.39 is 5.91 Å². The first-order chi connectivity index (χ1) is 9.15. The minimum Gasteiger partial charge on any atom is -0.507 e. The van der Waals surface area contributed by atoms with Crippen molar-refractivity contribution < 1.29 is 9.90 Å². The number of carbonyl (C=O) groups excluding carboxylic acids is 1. The first-order valence-electron chi connectivity index (χ1n) is 5.72. The Bertz CT molecular complexity index is 744. The van der Waals surface area contributed by atoms with Gasteiger partial charge in [-0.15, -0.1) is 0 Å². The summed E-state index contributed by atoms with van der Waals surface area (Å²) in [6, 6.07) is 10.4. The van der Waals surface area contributed by atoms with Gasteiger partial charge in [-0.1, -0.05) is 6.07 Å². The Hall–Kier alpha value is -2.82. The van der Waals surface area contributed by atoms with Crippen LogP contribution in [0.4, 0.5) is 0 Å². The minimum atomic E-state index is -0.664. The summed E-state index contributed by atoms with van der Waals surface area (Å²) >= 11 is 0. The Kier molecular flexibility index (Phi) is 2.45. The molecule has 2 aromatic heterocycles. The van der Waals surface area contributed by atoms with Crippen molar-refractivity contribution in [2.24, 2.45) is 5.73 Å². The van der Waals surface area contributed by atoms with E-state index >= 15 is 0 Å². The molecule has 2 heterocycles. The van der Waals surface area contributed by atoms with E-state index in [-0.39, 0.29) is 11.3 Å². The maximum atomic E-state index is 11.2. The second-order valence-electron chi connectivity index (χ2n) is 4.19. The van der Waals surface area contributed by atoms with Gasteiger partial charge in [0.05, 0.1) is 11.3 Å². The van der Waals surface area contributed by atoms with E-state index in [0.717, 1.165) is 11.2 Å². The van der Waals surface area contributed by atoms with Gasteiger partial charge < -0.3 is 15.2 Å². The van der Waals surface area contributed by atoms with Gasteiger partial charge in [0.25, 0.3) is 5.91 Å². The number of primary amides is 1. The van der Waals surface area contributed by atoms with Crippen molar-refractivity contribution in [2.45, 2.75) is 0 Å². The smallest absolute Gasteiger partial charge is 0.252 e. The van der Waals surface area contributed by atoms with Crippen molar-refractivity contribution in [2.75, 3.05) is 0 Å². The molecule has 3 N–H and O–H groups in total. The number of rotatable bonds is 2. The van der Waals surface area contributed by atoms with Crippen LogP contribution in [0.2, 0.25) is 0 Å². The monoisotopic (exact) mass is 253 g/mol. The van der Waals surface area contributed by atoms with Gasteiger partial charge in [-0.25, -0.2) is 4.98 Å². The lowest BCUT2D eigenvalue weighted by Gasteiger charge is -2.02. The predicted molar refractivity (Wildman–Crippen MR) is 70.8 cm³/mol. The topological polar surface area (TPSA) is 80.6 Å². The number of nitrogens with two attached hydrogens (primary N) is 1. The molecule has 0 bridgehead atoms. The van der Waals surface area contributed by atoms with Gasteiger partial charge in [0, 0.05) is 18.0 Å². The molecule has 0 aliphatic heterocycles. The number of aromatic nitrogens is 2. The molecule has 3 aromatic rings. The molecule has 0 unspecified atom stereocenters. The quantitative estimate of drug-likeness (QED) is 0.730. The molecule has 0 spiro atoms. The summed E-state index contributed by atoms with van der Waals surface area (Å²) in [7, 11) is 0. The van der Waals surface area contributed by atoms with E-state index in [0.29, 0.717) is 5.69 Å². The predicted octanol–water partition coefficient (Wildman–Crippen LogP) is 1.81. The Morgan fingerprint density at radius 2 is 2.11 bits per heavy atom. The van der Waals surface area contributed by atoms with Gasteiger partial charge in [-0.3, -0.25) is 4.79 Å². The highest BCUT2D eigenvalue weighted by Gasteiger charge is 2.11. The standard InChI is InChI=1S/C14H11N3O2/c15-14(19)10-7-9(4-5-12(10)18)11-8-17-6-2-1-3-13(17)16-11/h1-8,18H,(H2,15,19). The highest BCUT2D eigenvalue weighted by atomic mass is 16.3. The molecule has 0 fully saturated rings. The minimum absolute atomic E-state index is 0.0922. The first kappa shape index (κ1) is 11.3. The summed E-state index contributed by atoms with van der Waals surface area (Å²) in [6.45, 7) is 0. The van der Waals surface area contributed by atoms with Gasteiger partial charge >= 0.3 is 0 Å². The van der Waals surface area contributed by atoms with Crippen molar-refractivity contribution in [3.05, 3.63) is 54.4 Å². The second-order valence-corrected chi connectivity index (χ2v) is 4.19. The van der Waals surface area contributed by atoms with E-state index in [1.165, 1.54) is 6.07 Å². The maximum Gasteiger partial charge on any atom is 0.252 e. The molecular formula is C14H11N3O2. The molecule has 0 atom stereocenters. The zero-order valence-corrected chi connectivity index (χ0v) is 9.95. The summed E-state index contributed by atoms with van der Waals surface area (Å²) in [6.07, 6.45) is 3.74. The number of hydrogen-bond donors (Lipinski definition) is 2. The van der Waals surface area contributed by atoms with Crippen LogP contribution in [0.25, 0.3) is 16.9 Å². The van der Waals surface area contributed by atoms with Gasteiger partial charge in [0.2, 0.25) is 0 Å². The van der Waals surface area contributed by atoms with Crippen molar-refractivity contribution in [1.82, 2.24) is 9.38 Å². The third-order valence-corrected chi connectivity index (χ3v) is 2.92. The fourth-order valence-electron chi connectivity index (χ4n) is 1.97. The van der Waals surface area contributed by atoms with Crippen LogP contribution in [0.3, 0.4) is 0 Å². The molecule has 19 heavy (non-hydrogen) atoms. The SMILES string of the molecule is NC(=O)c1cc(-c2cn3ccccc3n2)ccc1O. The van der Waals surface area contributed by atoms with Crippen LogP contribution < -0.4 is 5.73 Å². The molecule has 1 amide bonds. The first-order valence-corrected chi connectivity index (χ1v) is 5.72. The van der Waals surface area contributed by atoms with E-state index in [1.807, 2.05) is 35.0 Å². The Morgan fingerprint density at radius 3 is 2.84 bits per heavy atom. The molecule has 0 saturated heterocycles. The Labute approximate surface area is 108 Å². The van der Waals surface area contributed by atoms with Crippen LogP contribution in [0.5, 0.6) is 5.75 Å². The van der Waals surface area contributed by atoms with Crippen molar-refractivity contribution >= 4 is 11.6 Å². The molecule has 0 aliphatic carbocycles. The summed E-state index contributed by atoms with van der Waals surface area (Å²) in [5.74, 6) is -0.789. The Morgan fingerprint density at radius 1 is 1.26 bits per heavy atom. The number of hydrogen-bond acceptors (Lipinski definition) is 3. The third kappa shape index (κ3) is 1.91. The van der Waals surface area contributed by atoms with E-state index in [9.17, 15) is 9.90 Å². The number of phenols is 1. The van der Waals surface area contributed by atoms with Crippen LogP contribution in [0.15, 0.2) is 48.8 Å². The van der Waals surface area contributed by atoms with Crippen molar-refractivity contribution in [3.8, 4) is 17.0 Å². The lowest BCUT2D eigenvalue weighted by Crippen LogP contribution is -2.11. The van der Waals surface area contributed by atoms with Crippen LogP contribution in [0, 0.1) is 0 Å². The second kappa shape index (κ2) is 4.13. The number of aromatic hydroxyl groups is 1. The van der Waals surface area contributed by atoms with Crippen LogP contribution in [-0.2, 0) is 0 Å². The molecule has 5 nitrogen and oxygen atoms in total. The number of imidazole rings is 1. The number of amides is 1. The van der Waals surface area contributed by atoms with Gasteiger partial charge in [-0.2, -0.15) is 0 Å². The number of pyridine rings is 1.